The van der Waals surface area contributed by atoms with Gasteiger partial charge in [0.2, 0.25) is 0 Å². The summed E-state index contributed by atoms with van der Waals surface area (Å²) in [6, 6.07) is 0. The zero-order valence-electron chi connectivity index (χ0n) is 9.98. The van der Waals surface area contributed by atoms with E-state index in [0.717, 1.165) is 12.8 Å². The molecule has 2 aliphatic carbocycles. The highest BCUT2D eigenvalue weighted by Gasteiger charge is 2.51. The van der Waals surface area contributed by atoms with Gasteiger partial charge in [-0.25, -0.2) is 0 Å². The fourth-order valence-electron chi connectivity index (χ4n) is 3.86. The zero-order chi connectivity index (χ0) is 11.3. The van der Waals surface area contributed by atoms with Crippen molar-refractivity contribution < 1.29 is 4.79 Å². The Morgan fingerprint density at radius 3 is 2.60 bits per heavy atom. The SMILES string of the molecule is CC1(C)CCC[C@]2(C)C[C@@H](Br)C(=O)C[C@H]12. The molecule has 0 saturated heterocycles. The molecule has 0 heterocycles. The largest absolute Gasteiger partial charge is 0.298 e. The molecule has 1 nitrogen and oxygen atoms in total. The van der Waals surface area contributed by atoms with Crippen LogP contribution in [0.5, 0.6) is 0 Å². The molecule has 0 spiro atoms. The summed E-state index contributed by atoms with van der Waals surface area (Å²) in [5.41, 5.74) is 0.750. The van der Waals surface area contributed by atoms with Crippen molar-refractivity contribution >= 4 is 21.7 Å². The maximum Gasteiger partial charge on any atom is 0.146 e. The number of hydrogen-bond acceptors (Lipinski definition) is 1. The van der Waals surface area contributed by atoms with Crippen LogP contribution in [0.2, 0.25) is 0 Å². The number of alkyl halides is 1. The molecule has 0 aromatic carbocycles. The lowest BCUT2D eigenvalue weighted by molar-refractivity contribution is -0.130. The standard InChI is InChI=1S/C13H21BrO/c1-12(2)5-4-6-13(3)8-9(14)10(15)7-11(12)13/h9,11H,4-8H2,1-3H3/t9-,11-,13-/m1/s1. The number of Topliss-reactive ketones (excluding diaryl/α,β-unsaturated/α-hetero) is 1. The minimum absolute atomic E-state index is 0.118. The molecule has 0 aromatic heterocycles. The lowest BCUT2D eigenvalue weighted by Crippen LogP contribution is -2.49. The van der Waals surface area contributed by atoms with Crippen molar-refractivity contribution in [1.29, 1.82) is 0 Å². The molecular formula is C13H21BrO. The Balaban J connectivity index is 2.28. The third-order valence-electron chi connectivity index (χ3n) is 4.75. The van der Waals surface area contributed by atoms with Gasteiger partial charge in [-0.05, 0) is 36.0 Å². The number of carbonyl (C=O) groups excluding carboxylic acids is 1. The average Bonchev–Trinajstić information content (AvgIpc) is 2.09. The molecule has 86 valence electrons. The van der Waals surface area contributed by atoms with Gasteiger partial charge in [-0.3, -0.25) is 4.79 Å². The molecule has 0 unspecified atom stereocenters. The van der Waals surface area contributed by atoms with Gasteiger partial charge in [-0.2, -0.15) is 0 Å². The first kappa shape index (κ1) is 11.6. The Kier molecular flexibility index (Phi) is 2.77. The first-order valence-corrected chi connectivity index (χ1v) is 6.93. The summed E-state index contributed by atoms with van der Waals surface area (Å²) in [5.74, 6) is 1.02. The van der Waals surface area contributed by atoms with Crippen LogP contribution < -0.4 is 0 Å². The lowest BCUT2D eigenvalue weighted by Gasteiger charge is -2.54. The fraction of sp³-hybridized carbons (Fsp3) is 0.923. The van der Waals surface area contributed by atoms with Crippen molar-refractivity contribution in [3.63, 3.8) is 0 Å². The first-order chi connectivity index (χ1) is 6.85. The molecule has 0 amide bonds. The van der Waals surface area contributed by atoms with Crippen molar-refractivity contribution in [3.8, 4) is 0 Å². The number of ketones is 1. The summed E-state index contributed by atoms with van der Waals surface area (Å²) in [7, 11) is 0. The Bertz CT molecular complexity index is 284. The van der Waals surface area contributed by atoms with Crippen molar-refractivity contribution in [2.75, 3.05) is 0 Å². The van der Waals surface area contributed by atoms with Crippen LogP contribution in [0.3, 0.4) is 0 Å². The van der Waals surface area contributed by atoms with E-state index in [1.807, 2.05) is 0 Å². The van der Waals surface area contributed by atoms with E-state index in [4.69, 9.17) is 0 Å². The number of hydrogen-bond donors (Lipinski definition) is 0. The molecular weight excluding hydrogens is 252 g/mol. The van der Waals surface area contributed by atoms with E-state index >= 15 is 0 Å². The van der Waals surface area contributed by atoms with E-state index in [0.29, 0.717) is 22.5 Å². The van der Waals surface area contributed by atoms with Crippen LogP contribution in [0.4, 0.5) is 0 Å². The molecule has 2 aliphatic rings. The van der Waals surface area contributed by atoms with E-state index < -0.39 is 0 Å². The Morgan fingerprint density at radius 1 is 1.27 bits per heavy atom. The van der Waals surface area contributed by atoms with E-state index in [-0.39, 0.29) is 4.83 Å². The molecule has 2 rings (SSSR count). The summed E-state index contributed by atoms with van der Waals surface area (Å²) >= 11 is 3.54. The maximum absolute atomic E-state index is 11.8. The maximum atomic E-state index is 11.8. The number of fused-ring (bicyclic) bond motifs is 1. The van der Waals surface area contributed by atoms with Gasteiger partial charge in [0, 0.05) is 6.42 Å². The second kappa shape index (κ2) is 3.58. The van der Waals surface area contributed by atoms with Gasteiger partial charge >= 0.3 is 0 Å². The normalized spacial score (nSPS) is 44.9. The van der Waals surface area contributed by atoms with Crippen LogP contribution >= 0.6 is 15.9 Å². The molecule has 15 heavy (non-hydrogen) atoms. The smallest absolute Gasteiger partial charge is 0.146 e. The predicted molar refractivity (Wildman–Crippen MR) is 66.2 cm³/mol. The first-order valence-electron chi connectivity index (χ1n) is 6.02. The number of rotatable bonds is 0. The average molecular weight is 273 g/mol. The van der Waals surface area contributed by atoms with Crippen LogP contribution in [0.15, 0.2) is 0 Å². The van der Waals surface area contributed by atoms with Gasteiger partial charge in [-0.1, -0.05) is 43.1 Å². The summed E-state index contributed by atoms with van der Waals surface area (Å²) in [5, 5.41) is 0. The van der Waals surface area contributed by atoms with Crippen molar-refractivity contribution in [2.24, 2.45) is 16.7 Å². The van der Waals surface area contributed by atoms with Gasteiger partial charge in [0.25, 0.3) is 0 Å². The minimum Gasteiger partial charge on any atom is -0.298 e. The zero-order valence-corrected chi connectivity index (χ0v) is 11.6. The summed E-state index contributed by atoms with van der Waals surface area (Å²) in [4.78, 5) is 12.0. The highest BCUT2D eigenvalue weighted by molar-refractivity contribution is 9.10. The fourth-order valence-corrected chi connectivity index (χ4v) is 4.79. The molecule has 0 N–H and O–H groups in total. The van der Waals surface area contributed by atoms with E-state index in [2.05, 4.69) is 36.7 Å². The highest BCUT2D eigenvalue weighted by Crippen LogP contribution is 2.57. The summed E-state index contributed by atoms with van der Waals surface area (Å²) in [6.45, 7) is 7.08. The van der Waals surface area contributed by atoms with Crippen LogP contribution in [-0.4, -0.2) is 10.6 Å². The molecule has 0 bridgehead atoms. The second-order valence-electron chi connectivity index (χ2n) is 6.39. The number of carbonyl (C=O) groups is 1. The Hall–Kier alpha value is 0.150. The summed E-state index contributed by atoms with van der Waals surface area (Å²) in [6.07, 6.45) is 5.75. The van der Waals surface area contributed by atoms with Crippen LogP contribution in [0.1, 0.15) is 52.9 Å². The topological polar surface area (TPSA) is 17.1 Å². The molecule has 0 aromatic rings. The van der Waals surface area contributed by atoms with Gasteiger partial charge in [0.05, 0.1) is 4.83 Å². The van der Waals surface area contributed by atoms with Gasteiger partial charge in [0.1, 0.15) is 5.78 Å². The van der Waals surface area contributed by atoms with Crippen molar-refractivity contribution in [2.45, 2.75) is 57.7 Å². The Morgan fingerprint density at radius 2 is 1.93 bits per heavy atom. The van der Waals surface area contributed by atoms with Gasteiger partial charge < -0.3 is 0 Å². The van der Waals surface area contributed by atoms with Crippen LogP contribution in [0.25, 0.3) is 0 Å². The molecule has 3 atom stereocenters. The third kappa shape index (κ3) is 1.90. The predicted octanol–water partition coefficient (Wildman–Crippen LogP) is 3.95. The molecule has 2 fully saturated rings. The monoisotopic (exact) mass is 272 g/mol. The molecule has 2 saturated carbocycles. The molecule has 0 radical (unpaired) electrons. The number of halogens is 1. The quantitative estimate of drug-likeness (QED) is 0.611. The van der Waals surface area contributed by atoms with E-state index in [9.17, 15) is 4.79 Å². The Labute approximate surface area is 101 Å². The van der Waals surface area contributed by atoms with Gasteiger partial charge in [-0.15, -0.1) is 0 Å². The summed E-state index contributed by atoms with van der Waals surface area (Å²) < 4.78 is 0. The van der Waals surface area contributed by atoms with E-state index in [1.54, 1.807) is 0 Å². The second-order valence-corrected chi connectivity index (χ2v) is 7.50. The lowest BCUT2D eigenvalue weighted by atomic mass is 9.51. The van der Waals surface area contributed by atoms with Gasteiger partial charge in [0.15, 0.2) is 0 Å². The minimum atomic E-state index is 0.118. The van der Waals surface area contributed by atoms with E-state index in [1.165, 1.54) is 19.3 Å². The molecule has 2 heteroatoms. The molecule has 0 aliphatic heterocycles. The third-order valence-corrected chi connectivity index (χ3v) is 5.59. The van der Waals surface area contributed by atoms with Crippen LogP contribution in [0, 0.1) is 16.7 Å². The highest BCUT2D eigenvalue weighted by atomic mass is 79.9. The van der Waals surface area contributed by atoms with Crippen molar-refractivity contribution in [1.82, 2.24) is 0 Å². The van der Waals surface area contributed by atoms with Crippen molar-refractivity contribution in [3.05, 3.63) is 0 Å². The van der Waals surface area contributed by atoms with Crippen LogP contribution in [-0.2, 0) is 4.79 Å².